The van der Waals surface area contributed by atoms with Gasteiger partial charge in [0.05, 0.1) is 6.20 Å². The zero-order valence-electron chi connectivity index (χ0n) is 9.27. The number of carbonyl (C=O) groups is 2. The lowest BCUT2D eigenvalue weighted by molar-refractivity contribution is -0.137. The maximum Gasteiger partial charge on any atom is 0.303 e. The van der Waals surface area contributed by atoms with Crippen LogP contribution in [-0.2, 0) is 4.79 Å². The standard InChI is InChI=1S/C10H14N2O4/c1-7-6-11-16-9(7)10(15)12(2)5-3-4-8(13)14/h6H,3-5H2,1-2H3,(H,13,14). The Morgan fingerprint density at radius 2 is 2.25 bits per heavy atom. The van der Waals surface area contributed by atoms with Crippen molar-refractivity contribution in [1.29, 1.82) is 0 Å². The van der Waals surface area contributed by atoms with Crippen LogP contribution in [0.2, 0.25) is 0 Å². The lowest BCUT2D eigenvalue weighted by Crippen LogP contribution is -2.28. The average Bonchev–Trinajstić information content (AvgIpc) is 2.62. The Kier molecular flexibility index (Phi) is 4.04. The molecule has 1 heterocycles. The highest BCUT2D eigenvalue weighted by Crippen LogP contribution is 2.09. The van der Waals surface area contributed by atoms with Crippen LogP contribution in [0.5, 0.6) is 0 Å². The van der Waals surface area contributed by atoms with E-state index >= 15 is 0 Å². The average molecular weight is 226 g/mol. The smallest absolute Gasteiger partial charge is 0.303 e. The predicted octanol–water partition coefficient (Wildman–Crippen LogP) is 0.920. The molecule has 0 saturated heterocycles. The number of carboxylic acid groups (broad SMARTS) is 1. The number of carboxylic acids is 1. The Hall–Kier alpha value is -1.85. The molecule has 0 aromatic carbocycles. The van der Waals surface area contributed by atoms with Gasteiger partial charge in [-0.2, -0.15) is 0 Å². The lowest BCUT2D eigenvalue weighted by atomic mass is 10.2. The highest BCUT2D eigenvalue weighted by molar-refractivity contribution is 5.92. The summed E-state index contributed by atoms with van der Waals surface area (Å²) in [7, 11) is 1.60. The van der Waals surface area contributed by atoms with E-state index in [2.05, 4.69) is 5.16 Å². The second kappa shape index (κ2) is 5.29. The summed E-state index contributed by atoms with van der Waals surface area (Å²) >= 11 is 0. The van der Waals surface area contributed by atoms with Gasteiger partial charge < -0.3 is 14.5 Å². The quantitative estimate of drug-likeness (QED) is 0.807. The SMILES string of the molecule is Cc1cnoc1C(=O)N(C)CCCC(=O)O. The molecule has 1 N–H and O–H groups in total. The predicted molar refractivity (Wildman–Crippen MR) is 55.1 cm³/mol. The van der Waals surface area contributed by atoms with Gasteiger partial charge in [0.15, 0.2) is 0 Å². The molecule has 0 atom stereocenters. The molecular weight excluding hydrogens is 212 g/mol. The van der Waals surface area contributed by atoms with Gasteiger partial charge in [-0.25, -0.2) is 0 Å². The molecule has 0 fully saturated rings. The molecule has 1 aromatic heterocycles. The minimum Gasteiger partial charge on any atom is -0.481 e. The normalized spacial score (nSPS) is 10.1. The van der Waals surface area contributed by atoms with E-state index in [4.69, 9.17) is 9.63 Å². The first-order valence-corrected chi connectivity index (χ1v) is 4.91. The molecule has 6 heteroatoms. The molecule has 1 aromatic rings. The fourth-order valence-electron chi connectivity index (χ4n) is 1.24. The van der Waals surface area contributed by atoms with E-state index < -0.39 is 5.97 Å². The maximum atomic E-state index is 11.7. The number of rotatable bonds is 5. The summed E-state index contributed by atoms with van der Waals surface area (Å²) in [6.07, 6.45) is 1.94. The molecule has 88 valence electrons. The highest BCUT2D eigenvalue weighted by Gasteiger charge is 2.18. The topological polar surface area (TPSA) is 83.6 Å². The number of aliphatic carboxylic acids is 1. The van der Waals surface area contributed by atoms with Gasteiger partial charge in [0.1, 0.15) is 0 Å². The molecule has 0 aliphatic heterocycles. The van der Waals surface area contributed by atoms with Gasteiger partial charge in [0, 0.05) is 25.6 Å². The molecule has 0 bridgehead atoms. The van der Waals surface area contributed by atoms with E-state index in [1.807, 2.05) is 0 Å². The van der Waals surface area contributed by atoms with Crippen molar-refractivity contribution in [2.45, 2.75) is 19.8 Å². The van der Waals surface area contributed by atoms with Gasteiger partial charge in [-0.1, -0.05) is 5.16 Å². The molecule has 0 spiro atoms. The van der Waals surface area contributed by atoms with Gasteiger partial charge in [0.25, 0.3) is 5.91 Å². The van der Waals surface area contributed by atoms with E-state index in [1.165, 1.54) is 11.1 Å². The van der Waals surface area contributed by atoms with Gasteiger partial charge in [-0.3, -0.25) is 9.59 Å². The van der Waals surface area contributed by atoms with Gasteiger partial charge in [-0.05, 0) is 13.3 Å². The van der Waals surface area contributed by atoms with Crippen LogP contribution >= 0.6 is 0 Å². The van der Waals surface area contributed by atoms with Crippen LogP contribution in [0, 0.1) is 6.92 Å². The third kappa shape index (κ3) is 3.08. The van der Waals surface area contributed by atoms with Crippen molar-refractivity contribution in [3.8, 4) is 0 Å². The first kappa shape index (κ1) is 12.2. The van der Waals surface area contributed by atoms with Crippen LogP contribution in [0.1, 0.15) is 29.0 Å². The summed E-state index contributed by atoms with van der Waals surface area (Å²) in [5.74, 6) is -0.935. The fraction of sp³-hybridized carbons (Fsp3) is 0.500. The van der Waals surface area contributed by atoms with Crippen LogP contribution in [0.25, 0.3) is 0 Å². The molecule has 0 aliphatic rings. The summed E-state index contributed by atoms with van der Waals surface area (Å²) in [6, 6.07) is 0. The molecule has 0 saturated carbocycles. The zero-order chi connectivity index (χ0) is 12.1. The molecule has 0 radical (unpaired) electrons. The van der Waals surface area contributed by atoms with Crippen LogP contribution in [-0.4, -0.2) is 40.6 Å². The van der Waals surface area contributed by atoms with E-state index in [1.54, 1.807) is 14.0 Å². The van der Waals surface area contributed by atoms with E-state index in [-0.39, 0.29) is 18.1 Å². The Bertz CT molecular complexity index is 386. The van der Waals surface area contributed by atoms with Gasteiger partial charge in [-0.15, -0.1) is 0 Å². The van der Waals surface area contributed by atoms with Crippen LogP contribution in [0.15, 0.2) is 10.7 Å². The number of nitrogens with zero attached hydrogens (tertiary/aromatic N) is 2. The number of aryl methyl sites for hydroxylation is 1. The van der Waals surface area contributed by atoms with Crippen LogP contribution in [0.4, 0.5) is 0 Å². The Labute approximate surface area is 92.8 Å². The number of hydrogen-bond acceptors (Lipinski definition) is 4. The minimum atomic E-state index is -0.864. The summed E-state index contributed by atoms with van der Waals surface area (Å²) in [5, 5.41) is 12.0. The van der Waals surface area contributed by atoms with Crippen molar-refractivity contribution in [1.82, 2.24) is 10.1 Å². The number of aromatic nitrogens is 1. The van der Waals surface area contributed by atoms with Crippen molar-refractivity contribution >= 4 is 11.9 Å². The number of amides is 1. The van der Waals surface area contributed by atoms with E-state index in [9.17, 15) is 9.59 Å². The maximum absolute atomic E-state index is 11.7. The number of hydrogen-bond donors (Lipinski definition) is 1. The summed E-state index contributed by atoms with van der Waals surface area (Å²) < 4.78 is 4.82. The summed E-state index contributed by atoms with van der Waals surface area (Å²) in [4.78, 5) is 23.5. The van der Waals surface area contributed by atoms with Crippen molar-refractivity contribution < 1.29 is 19.2 Å². The molecule has 1 rings (SSSR count). The van der Waals surface area contributed by atoms with Crippen molar-refractivity contribution in [2.75, 3.05) is 13.6 Å². The van der Waals surface area contributed by atoms with E-state index in [0.717, 1.165) is 0 Å². The molecule has 6 nitrogen and oxygen atoms in total. The van der Waals surface area contributed by atoms with E-state index in [0.29, 0.717) is 18.5 Å². The Morgan fingerprint density at radius 3 is 2.75 bits per heavy atom. The zero-order valence-corrected chi connectivity index (χ0v) is 9.27. The van der Waals surface area contributed by atoms with Crippen LogP contribution < -0.4 is 0 Å². The second-order valence-electron chi connectivity index (χ2n) is 3.56. The largest absolute Gasteiger partial charge is 0.481 e. The molecule has 1 amide bonds. The first-order chi connectivity index (χ1) is 7.52. The number of carbonyl (C=O) groups excluding carboxylic acids is 1. The molecule has 0 unspecified atom stereocenters. The third-order valence-electron chi connectivity index (χ3n) is 2.17. The highest BCUT2D eigenvalue weighted by atomic mass is 16.5. The second-order valence-corrected chi connectivity index (χ2v) is 3.56. The third-order valence-corrected chi connectivity index (χ3v) is 2.17. The van der Waals surface area contributed by atoms with Crippen molar-refractivity contribution in [3.05, 3.63) is 17.5 Å². The fourth-order valence-corrected chi connectivity index (χ4v) is 1.24. The molecular formula is C10H14N2O4. The van der Waals surface area contributed by atoms with Gasteiger partial charge in [0.2, 0.25) is 5.76 Å². The first-order valence-electron chi connectivity index (χ1n) is 4.91. The molecule has 16 heavy (non-hydrogen) atoms. The minimum absolute atomic E-state index is 0.0486. The van der Waals surface area contributed by atoms with Crippen molar-refractivity contribution in [2.24, 2.45) is 0 Å². The Balaban J connectivity index is 2.49. The molecule has 0 aliphatic carbocycles. The summed E-state index contributed by atoms with van der Waals surface area (Å²) in [5.41, 5.74) is 0.676. The lowest BCUT2D eigenvalue weighted by Gasteiger charge is -2.14. The Morgan fingerprint density at radius 1 is 1.56 bits per heavy atom. The van der Waals surface area contributed by atoms with Crippen LogP contribution in [0.3, 0.4) is 0 Å². The monoisotopic (exact) mass is 226 g/mol. The van der Waals surface area contributed by atoms with Gasteiger partial charge >= 0.3 is 5.97 Å². The van der Waals surface area contributed by atoms with Crippen molar-refractivity contribution in [3.63, 3.8) is 0 Å². The summed E-state index contributed by atoms with van der Waals surface area (Å²) in [6.45, 7) is 2.11.